The summed E-state index contributed by atoms with van der Waals surface area (Å²) in [6.45, 7) is 1.53. The third kappa shape index (κ3) is 2.29. The zero-order valence-electron chi connectivity index (χ0n) is 10.3. The standard InChI is InChI=1S/C13H14N4O2/c18-12-3-5-17(6-4-14-12)13(19)9-1-2-11-10(7-9)8-15-16-11/h1-2,7-8H,3-6H2,(H,14,18)(H,15,16). The van der Waals surface area contributed by atoms with Gasteiger partial charge in [0.15, 0.2) is 0 Å². The molecule has 1 aliphatic rings. The number of carbonyl (C=O) groups excluding carboxylic acids is 2. The Hall–Kier alpha value is -2.37. The van der Waals surface area contributed by atoms with E-state index in [4.69, 9.17) is 0 Å². The number of H-pyrrole nitrogens is 1. The Morgan fingerprint density at radius 3 is 3.11 bits per heavy atom. The van der Waals surface area contributed by atoms with Crippen molar-refractivity contribution in [1.82, 2.24) is 20.4 Å². The average Bonchev–Trinajstić information content (AvgIpc) is 2.78. The summed E-state index contributed by atoms with van der Waals surface area (Å²) in [5, 5.41) is 10.5. The molecule has 3 rings (SSSR count). The van der Waals surface area contributed by atoms with E-state index in [9.17, 15) is 9.59 Å². The van der Waals surface area contributed by atoms with Gasteiger partial charge >= 0.3 is 0 Å². The molecular weight excluding hydrogens is 244 g/mol. The van der Waals surface area contributed by atoms with Crippen molar-refractivity contribution in [3.05, 3.63) is 30.0 Å². The summed E-state index contributed by atoms with van der Waals surface area (Å²) in [5.74, 6) is -0.0415. The molecule has 1 aromatic heterocycles. The number of rotatable bonds is 1. The first-order chi connectivity index (χ1) is 9.24. The second-order valence-electron chi connectivity index (χ2n) is 4.56. The van der Waals surface area contributed by atoms with Gasteiger partial charge in [-0.25, -0.2) is 0 Å². The van der Waals surface area contributed by atoms with Gasteiger partial charge in [-0.15, -0.1) is 0 Å². The maximum Gasteiger partial charge on any atom is 0.253 e. The van der Waals surface area contributed by atoms with E-state index in [-0.39, 0.29) is 11.8 Å². The fraction of sp³-hybridized carbons (Fsp3) is 0.308. The summed E-state index contributed by atoms with van der Waals surface area (Å²) in [4.78, 5) is 25.4. The highest BCUT2D eigenvalue weighted by atomic mass is 16.2. The van der Waals surface area contributed by atoms with Crippen LogP contribution in [0.25, 0.3) is 10.9 Å². The van der Waals surface area contributed by atoms with Crippen molar-refractivity contribution in [2.24, 2.45) is 0 Å². The average molecular weight is 258 g/mol. The van der Waals surface area contributed by atoms with Crippen molar-refractivity contribution in [2.75, 3.05) is 19.6 Å². The Balaban J connectivity index is 1.83. The third-order valence-electron chi connectivity index (χ3n) is 3.29. The van der Waals surface area contributed by atoms with Crippen LogP contribution < -0.4 is 5.32 Å². The van der Waals surface area contributed by atoms with Crippen LogP contribution in [0, 0.1) is 0 Å². The van der Waals surface area contributed by atoms with Crippen LogP contribution in [-0.2, 0) is 4.79 Å². The minimum absolute atomic E-state index is 0.000543. The lowest BCUT2D eigenvalue weighted by Crippen LogP contribution is -2.34. The van der Waals surface area contributed by atoms with Crippen molar-refractivity contribution in [1.29, 1.82) is 0 Å². The molecular formula is C13H14N4O2. The van der Waals surface area contributed by atoms with Crippen LogP contribution in [0.5, 0.6) is 0 Å². The molecule has 1 saturated heterocycles. The van der Waals surface area contributed by atoms with Crippen molar-refractivity contribution in [3.8, 4) is 0 Å². The molecule has 0 unspecified atom stereocenters. The van der Waals surface area contributed by atoms with E-state index in [0.29, 0.717) is 31.6 Å². The van der Waals surface area contributed by atoms with Gasteiger partial charge in [-0.1, -0.05) is 0 Å². The van der Waals surface area contributed by atoms with E-state index >= 15 is 0 Å². The highest BCUT2D eigenvalue weighted by Crippen LogP contribution is 2.15. The van der Waals surface area contributed by atoms with Crippen LogP contribution in [0.1, 0.15) is 16.8 Å². The quantitative estimate of drug-likeness (QED) is 0.783. The normalized spacial score (nSPS) is 16.2. The van der Waals surface area contributed by atoms with Gasteiger partial charge in [0.1, 0.15) is 0 Å². The summed E-state index contributed by atoms with van der Waals surface area (Å²) < 4.78 is 0. The minimum Gasteiger partial charge on any atom is -0.354 e. The minimum atomic E-state index is -0.0420. The van der Waals surface area contributed by atoms with Gasteiger partial charge < -0.3 is 10.2 Å². The SMILES string of the molecule is O=C1CCN(C(=O)c2ccc3[nH]ncc3c2)CCN1. The number of nitrogens with zero attached hydrogens (tertiary/aromatic N) is 2. The lowest BCUT2D eigenvalue weighted by atomic mass is 10.1. The lowest BCUT2D eigenvalue weighted by Gasteiger charge is -2.19. The van der Waals surface area contributed by atoms with E-state index in [1.165, 1.54) is 0 Å². The van der Waals surface area contributed by atoms with Crippen LogP contribution in [0.15, 0.2) is 24.4 Å². The number of nitrogens with one attached hydrogen (secondary N) is 2. The first kappa shape index (κ1) is 11.7. The zero-order chi connectivity index (χ0) is 13.2. The monoisotopic (exact) mass is 258 g/mol. The fourth-order valence-corrected chi connectivity index (χ4v) is 2.23. The second-order valence-corrected chi connectivity index (χ2v) is 4.56. The maximum atomic E-state index is 12.4. The molecule has 1 fully saturated rings. The molecule has 98 valence electrons. The number of carbonyl (C=O) groups is 2. The molecule has 0 aliphatic carbocycles. The molecule has 6 heteroatoms. The summed E-state index contributed by atoms with van der Waals surface area (Å²) in [6.07, 6.45) is 2.05. The molecule has 19 heavy (non-hydrogen) atoms. The van der Waals surface area contributed by atoms with Crippen LogP contribution in [0.2, 0.25) is 0 Å². The number of fused-ring (bicyclic) bond motifs is 1. The molecule has 2 amide bonds. The van der Waals surface area contributed by atoms with E-state index in [1.807, 2.05) is 12.1 Å². The number of aromatic amines is 1. The van der Waals surface area contributed by atoms with Crippen molar-refractivity contribution in [3.63, 3.8) is 0 Å². The van der Waals surface area contributed by atoms with Crippen LogP contribution in [0.4, 0.5) is 0 Å². The summed E-state index contributed by atoms with van der Waals surface area (Å²) in [5.41, 5.74) is 1.53. The van der Waals surface area contributed by atoms with Crippen molar-refractivity contribution >= 4 is 22.7 Å². The van der Waals surface area contributed by atoms with Gasteiger partial charge in [-0.3, -0.25) is 14.7 Å². The topological polar surface area (TPSA) is 78.1 Å². The number of hydrogen-bond acceptors (Lipinski definition) is 3. The van der Waals surface area contributed by atoms with E-state index in [1.54, 1.807) is 17.2 Å². The molecule has 0 atom stereocenters. The molecule has 0 bridgehead atoms. The first-order valence-electron chi connectivity index (χ1n) is 6.23. The number of aromatic nitrogens is 2. The van der Waals surface area contributed by atoms with Gasteiger partial charge in [-0.05, 0) is 18.2 Å². The van der Waals surface area contributed by atoms with E-state index in [2.05, 4.69) is 15.5 Å². The van der Waals surface area contributed by atoms with Crippen LogP contribution in [0.3, 0.4) is 0 Å². The Kier molecular flexibility index (Phi) is 2.91. The molecule has 0 spiro atoms. The lowest BCUT2D eigenvalue weighted by molar-refractivity contribution is -0.120. The summed E-state index contributed by atoms with van der Waals surface area (Å²) >= 11 is 0. The highest BCUT2D eigenvalue weighted by Gasteiger charge is 2.19. The first-order valence-corrected chi connectivity index (χ1v) is 6.23. The van der Waals surface area contributed by atoms with Gasteiger partial charge in [0.05, 0.1) is 11.7 Å². The molecule has 2 N–H and O–H groups in total. The molecule has 1 aliphatic heterocycles. The van der Waals surface area contributed by atoms with Crippen LogP contribution >= 0.6 is 0 Å². The van der Waals surface area contributed by atoms with E-state index in [0.717, 1.165) is 10.9 Å². The smallest absolute Gasteiger partial charge is 0.253 e. The number of hydrogen-bond donors (Lipinski definition) is 2. The Bertz CT molecular complexity index is 634. The number of benzene rings is 1. The molecule has 2 heterocycles. The second kappa shape index (κ2) is 4.72. The molecule has 0 radical (unpaired) electrons. The Labute approximate surface area is 109 Å². The zero-order valence-corrected chi connectivity index (χ0v) is 10.3. The van der Waals surface area contributed by atoms with Gasteiger partial charge in [0, 0.05) is 37.0 Å². The summed E-state index contributed by atoms with van der Waals surface area (Å²) in [6, 6.07) is 5.45. The Morgan fingerprint density at radius 2 is 2.21 bits per heavy atom. The number of amides is 2. The van der Waals surface area contributed by atoms with Gasteiger partial charge in [0.25, 0.3) is 5.91 Å². The van der Waals surface area contributed by atoms with E-state index < -0.39 is 0 Å². The van der Waals surface area contributed by atoms with Crippen LogP contribution in [-0.4, -0.2) is 46.5 Å². The molecule has 1 aromatic carbocycles. The van der Waals surface area contributed by atoms with Crippen molar-refractivity contribution in [2.45, 2.75) is 6.42 Å². The van der Waals surface area contributed by atoms with Gasteiger partial charge in [0.2, 0.25) is 5.91 Å². The van der Waals surface area contributed by atoms with Gasteiger partial charge in [-0.2, -0.15) is 5.10 Å². The predicted octanol–water partition coefficient (Wildman–Crippen LogP) is 0.525. The molecule has 6 nitrogen and oxygen atoms in total. The molecule has 2 aromatic rings. The molecule has 0 saturated carbocycles. The third-order valence-corrected chi connectivity index (χ3v) is 3.29. The highest BCUT2D eigenvalue weighted by molar-refractivity contribution is 5.98. The maximum absolute atomic E-state index is 12.4. The van der Waals surface area contributed by atoms with Crippen molar-refractivity contribution < 1.29 is 9.59 Å². The largest absolute Gasteiger partial charge is 0.354 e. The Morgan fingerprint density at radius 1 is 1.32 bits per heavy atom. The predicted molar refractivity (Wildman–Crippen MR) is 69.6 cm³/mol. The summed E-state index contributed by atoms with van der Waals surface area (Å²) in [7, 11) is 0. The fourth-order valence-electron chi connectivity index (χ4n) is 2.23.